The molecule has 0 spiro atoms. The molecule has 0 amide bonds. The molecule has 0 aromatic heterocycles. The third-order valence-corrected chi connectivity index (χ3v) is 2.01. The number of Topliss-reactive ketones (excluding diaryl/α,β-unsaturated/α-hetero) is 1. The van der Waals surface area contributed by atoms with Crippen LogP contribution in [0.1, 0.15) is 17.3 Å². The number of halogens is 1. The van der Waals surface area contributed by atoms with Crippen molar-refractivity contribution >= 4 is 23.1 Å². The Kier molecular flexibility index (Phi) is 3.36. The van der Waals surface area contributed by atoms with Crippen LogP contribution in [0, 0.1) is 0 Å². The molecule has 0 saturated carbocycles. The quantitative estimate of drug-likeness (QED) is 0.475. The fraction of sp³-hybridized carbons (Fsp3) is 0.300. The highest BCUT2D eigenvalue weighted by Crippen LogP contribution is 2.20. The first-order chi connectivity index (χ1) is 6.54. The number of ether oxygens (including phenoxy) is 1. The van der Waals surface area contributed by atoms with Crippen LogP contribution in [0.5, 0.6) is 5.75 Å². The Bertz CT molecular complexity index is 350. The van der Waals surface area contributed by atoms with Crippen molar-refractivity contribution in [1.29, 1.82) is 0 Å². The van der Waals surface area contributed by atoms with E-state index in [1.165, 1.54) is 7.11 Å². The summed E-state index contributed by atoms with van der Waals surface area (Å²) < 4.78 is 4.99. The zero-order valence-corrected chi connectivity index (χ0v) is 8.84. The van der Waals surface area contributed by atoms with Crippen molar-refractivity contribution in [2.45, 2.75) is 12.3 Å². The SMILES string of the molecule is COc1cc(N)cc(C(=O)C(C)Cl)c1. The third kappa shape index (κ3) is 2.39. The Morgan fingerprint density at radius 2 is 2.14 bits per heavy atom. The van der Waals surface area contributed by atoms with Crippen molar-refractivity contribution in [2.24, 2.45) is 0 Å². The number of carbonyl (C=O) groups excluding carboxylic acids is 1. The highest BCUT2D eigenvalue weighted by atomic mass is 35.5. The zero-order valence-electron chi connectivity index (χ0n) is 8.08. The fourth-order valence-corrected chi connectivity index (χ4v) is 1.24. The second-order valence-corrected chi connectivity index (χ2v) is 3.63. The maximum absolute atomic E-state index is 11.5. The van der Waals surface area contributed by atoms with E-state index in [1.54, 1.807) is 25.1 Å². The molecule has 1 aromatic rings. The number of alkyl halides is 1. The molecule has 0 aliphatic carbocycles. The Balaban J connectivity index is 3.09. The standard InChI is InChI=1S/C10H12ClNO2/c1-6(11)10(13)7-3-8(12)5-9(4-7)14-2/h3-6H,12H2,1-2H3. The average Bonchev–Trinajstić information content (AvgIpc) is 2.15. The van der Waals surface area contributed by atoms with E-state index in [1.807, 2.05) is 0 Å². The summed E-state index contributed by atoms with van der Waals surface area (Å²) in [5.41, 5.74) is 6.56. The first-order valence-electron chi connectivity index (χ1n) is 4.17. The number of carbonyl (C=O) groups is 1. The zero-order chi connectivity index (χ0) is 10.7. The van der Waals surface area contributed by atoms with E-state index in [9.17, 15) is 4.79 Å². The molecular formula is C10H12ClNO2. The summed E-state index contributed by atoms with van der Waals surface area (Å²) in [6, 6.07) is 4.86. The monoisotopic (exact) mass is 213 g/mol. The van der Waals surface area contributed by atoms with Gasteiger partial charge in [-0.2, -0.15) is 0 Å². The fourth-order valence-electron chi connectivity index (χ4n) is 1.11. The van der Waals surface area contributed by atoms with E-state index in [0.717, 1.165) is 0 Å². The maximum Gasteiger partial charge on any atom is 0.180 e. The van der Waals surface area contributed by atoms with E-state index in [2.05, 4.69) is 0 Å². The van der Waals surface area contributed by atoms with Gasteiger partial charge in [-0.15, -0.1) is 11.6 Å². The Labute approximate surface area is 87.8 Å². The number of benzene rings is 1. The van der Waals surface area contributed by atoms with Crippen molar-refractivity contribution in [3.63, 3.8) is 0 Å². The molecule has 76 valence electrons. The van der Waals surface area contributed by atoms with Crippen LogP contribution < -0.4 is 10.5 Å². The number of hydrogen-bond acceptors (Lipinski definition) is 3. The molecule has 14 heavy (non-hydrogen) atoms. The van der Waals surface area contributed by atoms with Gasteiger partial charge in [0.2, 0.25) is 0 Å². The third-order valence-electron chi connectivity index (χ3n) is 1.81. The van der Waals surface area contributed by atoms with Crippen LogP contribution in [0.2, 0.25) is 0 Å². The number of hydrogen-bond donors (Lipinski definition) is 1. The second-order valence-electron chi connectivity index (χ2n) is 2.98. The summed E-state index contributed by atoms with van der Waals surface area (Å²) in [4.78, 5) is 11.5. The van der Waals surface area contributed by atoms with Crippen LogP contribution in [0.4, 0.5) is 5.69 Å². The normalized spacial score (nSPS) is 12.2. The summed E-state index contributed by atoms with van der Waals surface area (Å²) in [7, 11) is 1.52. The lowest BCUT2D eigenvalue weighted by molar-refractivity contribution is 0.0991. The van der Waals surface area contributed by atoms with E-state index in [4.69, 9.17) is 22.1 Å². The Morgan fingerprint density at radius 1 is 1.50 bits per heavy atom. The minimum atomic E-state index is -0.554. The molecule has 1 unspecified atom stereocenters. The van der Waals surface area contributed by atoms with Crippen LogP contribution in [0.15, 0.2) is 18.2 Å². The topological polar surface area (TPSA) is 52.3 Å². The lowest BCUT2D eigenvalue weighted by Gasteiger charge is -2.06. The van der Waals surface area contributed by atoms with Crippen molar-refractivity contribution in [1.82, 2.24) is 0 Å². The molecule has 0 fully saturated rings. The van der Waals surface area contributed by atoms with Gasteiger partial charge in [0.05, 0.1) is 12.5 Å². The molecule has 2 N–H and O–H groups in total. The highest BCUT2D eigenvalue weighted by molar-refractivity contribution is 6.33. The maximum atomic E-state index is 11.5. The van der Waals surface area contributed by atoms with E-state index < -0.39 is 5.38 Å². The van der Waals surface area contributed by atoms with Gasteiger partial charge in [-0.25, -0.2) is 0 Å². The Morgan fingerprint density at radius 3 is 2.64 bits per heavy atom. The number of ketones is 1. The first kappa shape index (κ1) is 10.9. The van der Waals surface area contributed by atoms with Crippen LogP contribution >= 0.6 is 11.6 Å². The minimum absolute atomic E-state index is 0.155. The number of methoxy groups -OCH3 is 1. The first-order valence-corrected chi connectivity index (χ1v) is 4.61. The smallest absolute Gasteiger partial charge is 0.180 e. The summed E-state index contributed by atoms with van der Waals surface area (Å²) in [6.07, 6.45) is 0. The van der Waals surface area contributed by atoms with Gasteiger partial charge in [-0.3, -0.25) is 4.79 Å². The molecule has 0 heterocycles. The van der Waals surface area contributed by atoms with Gasteiger partial charge in [-0.05, 0) is 19.1 Å². The number of nitrogens with two attached hydrogens (primary N) is 1. The van der Waals surface area contributed by atoms with Gasteiger partial charge in [-0.1, -0.05) is 0 Å². The van der Waals surface area contributed by atoms with Gasteiger partial charge in [0.1, 0.15) is 5.75 Å². The predicted molar refractivity (Wildman–Crippen MR) is 57.1 cm³/mol. The van der Waals surface area contributed by atoms with Gasteiger partial charge in [0.25, 0.3) is 0 Å². The summed E-state index contributed by atoms with van der Waals surface area (Å²) in [5, 5.41) is -0.554. The molecule has 4 heteroatoms. The largest absolute Gasteiger partial charge is 0.497 e. The predicted octanol–water partition coefficient (Wildman–Crippen LogP) is 2.09. The molecule has 3 nitrogen and oxygen atoms in total. The molecule has 0 radical (unpaired) electrons. The second kappa shape index (κ2) is 4.33. The highest BCUT2D eigenvalue weighted by Gasteiger charge is 2.13. The van der Waals surface area contributed by atoms with Crippen LogP contribution in [-0.2, 0) is 0 Å². The van der Waals surface area contributed by atoms with Gasteiger partial charge >= 0.3 is 0 Å². The lowest BCUT2D eigenvalue weighted by atomic mass is 10.1. The van der Waals surface area contributed by atoms with Crippen LogP contribution in [-0.4, -0.2) is 18.3 Å². The van der Waals surface area contributed by atoms with E-state index in [-0.39, 0.29) is 5.78 Å². The molecule has 0 aliphatic rings. The Hall–Kier alpha value is -1.22. The van der Waals surface area contributed by atoms with Gasteiger partial charge in [0.15, 0.2) is 5.78 Å². The van der Waals surface area contributed by atoms with E-state index in [0.29, 0.717) is 17.0 Å². The minimum Gasteiger partial charge on any atom is -0.497 e. The van der Waals surface area contributed by atoms with Crippen molar-refractivity contribution in [3.8, 4) is 5.75 Å². The lowest BCUT2D eigenvalue weighted by Crippen LogP contribution is -2.10. The molecule has 1 atom stereocenters. The van der Waals surface area contributed by atoms with Gasteiger partial charge in [0, 0.05) is 17.3 Å². The summed E-state index contributed by atoms with van der Waals surface area (Å²) in [6.45, 7) is 1.62. The molecule has 0 bridgehead atoms. The summed E-state index contributed by atoms with van der Waals surface area (Å²) >= 11 is 5.68. The van der Waals surface area contributed by atoms with Crippen molar-refractivity contribution in [2.75, 3.05) is 12.8 Å². The van der Waals surface area contributed by atoms with Crippen LogP contribution in [0.3, 0.4) is 0 Å². The van der Waals surface area contributed by atoms with E-state index >= 15 is 0 Å². The average molecular weight is 214 g/mol. The van der Waals surface area contributed by atoms with Crippen molar-refractivity contribution < 1.29 is 9.53 Å². The molecule has 1 aromatic carbocycles. The number of nitrogen functional groups attached to an aromatic ring is 1. The molecule has 0 aliphatic heterocycles. The molecule has 1 rings (SSSR count). The number of anilines is 1. The molecular weight excluding hydrogens is 202 g/mol. The van der Waals surface area contributed by atoms with Crippen LogP contribution in [0.25, 0.3) is 0 Å². The van der Waals surface area contributed by atoms with Crippen molar-refractivity contribution in [3.05, 3.63) is 23.8 Å². The number of rotatable bonds is 3. The summed E-state index contributed by atoms with van der Waals surface area (Å²) in [5.74, 6) is 0.405. The van der Waals surface area contributed by atoms with Gasteiger partial charge < -0.3 is 10.5 Å². The molecule has 0 saturated heterocycles.